The predicted octanol–water partition coefficient (Wildman–Crippen LogP) is 8.48. The molecule has 0 aliphatic carbocycles. The molecule has 0 bridgehead atoms. The summed E-state index contributed by atoms with van der Waals surface area (Å²) in [6.07, 6.45) is 20.6. The Morgan fingerprint density at radius 1 is 0.680 bits per heavy atom. The lowest BCUT2D eigenvalue weighted by atomic mass is 10.0. The first-order valence-electron chi connectivity index (χ1n) is 10.5. The van der Waals surface area contributed by atoms with Crippen molar-refractivity contribution in [3.8, 4) is 0 Å². The van der Waals surface area contributed by atoms with Crippen LogP contribution in [0.25, 0.3) is 0 Å². The van der Waals surface area contributed by atoms with Gasteiger partial charge in [-0.3, -0.25) is 0 Å². The molecule has 1 rings (SSSR count). The summed E-state index contributed by atoms with van der Waals surface area (Å²) in [6, 6.07) is 10.6. The maximum atomic E-state index is 6.46. The lowest BCUT2D eigenvalue weighted by molar-refractivity contribution is 0.533. The number of alkyl halides is 1. The molecule has 0 fully saturated rings. The number of benzene rings is 1. The number of hydrogen-bond donors (Lipinski definition) is 1. The molecule has 2 heteroatoms. The summed E-state index contributed by atoms with van der Waals surface area (Å²) in [4.78, 5) is 0. The molecule has 0 heterocycles. The van der Waals surface area contributed by atoms with Crippen LogP contribution in [0.5, 0.6) is 0 Å². The largest absolute Gasteiger partial charge is 0.344 e. The van der Waals surface area contributed by atoms with E-state index in [1.54, 1.807) is 0 Å². The van der Waals surface area contributed by atoms with Crippen LogP contribution in [0.2, 0.25) is 0 Å². The van der Waals surface area contributed by atoms with Crippen molar-refractivity contribution >= 4 is 11.6 Å². The van der Waals surface area contributed by atoms with E-state index in [1.807, 2.05) is 0 Å². The molecule has 0 aliphatic rings. The fourth-order valence-electron chi connectivity index (χ4n) is 3.36. The van der Waals surface area contributed by atoms with Crippen LogP contribution >= 0.6 is 11.6 Å². The van der Waals surface area contributed by atoms with Crippen LogP contribution in [-0.4, -0.2) is 5.38 Å². The Morgan fingerprint density at radius 2 is 1.12 bits per heavy atom. The molecule has 146 valence electrons. The molecule has 0 saturated carbocycles. The first-order valence-corrected chi connectivity index (χ1v) is 10.9. The van der Waals surface area contributed by atoms with Gasteiger partial charge < -0.3 is 6.15 Å². The minimum Gasteiger partial charge on any atom is -0.344 e. The number of rotatable bonds is 16. The standard InChI is InChI=1S/C23H39Cl.H3N/c1-2-3-4-5-6-7-8-9-10-11-12-13-17-20-23(24)21-22-18-15-14-16-19-22;/h14-16,18-19,23H,2-13,17,20-21H2,1H3;1H3. The SMILES string of the molecule is CCCCCCCCCCCCCCCC(Cl)Cc1ccccc1.N. The summed E-state index contributed by atoms with van der Waals surface area (Å²) >= 11 is 6.46. The highest BCUT2D eigenvalue weighted by atomic mass is 35.5. The number of hydrogen-bond acceptors (Lipinski definition) is 1. The highest BCUT2D eigenvalue weighted by Crippen LogP contribution is 2.17. The topological polar surface area (TPSA) is 35.0 Å². The van der Waals surface area contributed by atoms with Gasteiger partial charge in [0.1, 0.15) is 0 Å². The van der Waals surface area contributed by atoms with Gasteiger partial charge in [-0.05, 0) is 18.4 Å². The van der Waals surface area contributed by atoms with Crippen molar-refractivity contribution in [1.29, 1.82) is 0 Å². The summed E-state index contributed by atoms with van der Waals surface area (Å²) in [5.74, 6) is 0. The molecule has 1 atom stereocenters. The third kappa shape index (κ3) is 15.4. The smallest absolute Gasteiger partial charge is 0.0376 e. The molecule has 0 saturated heterocycles. The van der Waals surface area contributed by atoms with Gasteiger partial charge in [0, 0.05) is 5.38 Å². The van der Waals surface area contributed by atoms with Crippen LogP contribution in [0.3, 0.4) is 0 Å². The van der Waals surface area contributed by atoms with E-state index in [-0.39, 0.29) is 6.15 Å². The summed E-state index contributed by atoms with van der Waals surface area (Å²) in [7, 11) is 0. The monoisotopic (exact) mass is 367 g/mol. The van der Waals surface area contributed by atoms with Gasteiger partial charge in [0.05, 0.1) is 0 Å². The molecule has 3 N–H and O–H groups in total. The van der Waals surface area contributed by atoms with Gasteiger partial charge in [-0.1, -0.05) is 121 Å². The second kappa shape index (κ2) is 18.3. The lowest BCUT2D eigenvalue weighted by Crippen LogP contribution is -2.03. The van der Waals surface area contributed by atoms with Gasteiger partial charge in [-0.15, -0.1) is 11.6 Å². The van der Waals surface area contributed by atoms with Gasteiger partial charge in [0.25, 0.3) is 0 Å². The summed E-state index contributed by atoms with van der Waals surface area (Å²) in [5.41, 5.74) is 1.37. The molecule has 0 aliphatic heterocycles. The quantitative estimate of drug-likeness (QED) is 0.230. The summed E-state index contributed by atoms with van der Waals surface area (Å²) < 4.78 is 0. The molecule has 25 heavy (non-hydrogen) atoms. The zero-order valence-corrected chi connectivity index (χ0v) is 17.4. The fraction of sp³-hybridized carbons (Fsp3) is 0.739. The second-order valence-electron chi connectivity index (χ2n) is 7.32. The van der Waals surface area contributed by atoms with Crippen LogP contribution in [0.4, 0.5) is 0 Å². The highest BCUT2D eigenvalue weighted by Gasteiger charge is 2.05. The Bertz CT molecular complexity index is 366. The molecule has 0 aromatic heterocycles. The Kier molecular flexibility index (Phi) is 17.9. The van der Waals surface area contributed by atoms with E-state index in [4.69, 9.17) is 11.6 Å². The third-order valence-corrected chi connectivity index (χ3v) is 5.29. The van der Waals surface area contributed by atoms with Gasteiger partial charge in [0.15, 0.2) is 0 Å². The first-order chi connectivity index (χ1) is 11.8. The van der Waals surface area contributed by atoms with E-state index in [0.717, 1.165) is 12.8 Å². The average Bonchev–Trinajstić information content (AvgIpc) is 2.60. The Balaban J connectivity index is 0.00000576. The normalized spacial score (nSPS) is 11.9. The molecule has 0 amide bonds. The van der Waals surface area contributed by atoms with Crippen molar-refractivity contribution < 1.29 is 0 Å². The zero-order chi connectivity index (χ0) is 17.3. The van der Waals surface area contributed by atoms with Crippen molar-refractivity contribution in [2.45, 2.75) is 109 Å². The third-order valence-electron chi connectivity index (χ3n) is 4.92. The molecule has 0 spiro atoms. The van der Waals surface area contributed by atoms with Crippen molar-refractivity contribution in [2.24, 2.45) is 0 Å². The minimum atomic E-state index is 0. The van der Waals surface area contributed by atoms with Crippen molar-refractivity contribution in [2.75, 3.05) is 0 Å². The summed E-state index contributed by atoms with van der Waals surface area (Å²) in [5, 5.41) is 0.306. The molecular weight excluding hydrogens is 326 g/mol. The van der Waals surface area contributed by atoms with Crippen LogP contribution in [0.1, 0.15) is 102 Å². The highest BCUT2D eigenvalue weighted by molar-refractivity contribution is 6.20. The van der Waals surface area contributed by atoms with E-state index in [2.05, 4.69) is 37.3 Å². The Morgan fingerprint density at radius 3 is 1.60 bits per heavy atom. The van der Waals surface area contributed by atoms with Crippen LogP contribution < -0.4 is 6.15 Å². The van der Waals surface area contributed by atoms with Gasteiger partial charge in [0.2, 0.25) is 0 Å². The maximum Gasteiger partial charge on any atom is 0.0376 e. The lowest BCUT2D eigenvalue weighted by Gasteiger charge is -2.09. The van der Waals surface area contributed by atoms with Crippen LogP contribution in [0.15, 0.2) is 30.3 Å². The van der Waals surface area contributed by atoms with Crippen molar-refractivity contribution in [3.05, 3.63) is 35.9 Å². The second-order valence-corrected chi connectivity index (χ2v) is 7.94. The van der Waals surface area contributed by atoms with Crippen LogP contribution in [-0.2, 0) is 6.42 Å². The summed E-state index contributed by atoms with van der Waals surface area (Å²) in [6.45, 7) is 2.29. The van der Waals surface area contributed by atoms with Crippen molar-refractivity contribution in [1.82, 2.24) is 6.15 Å². The molecular formula is C23H42ClN. The molecule has 1 unspecified atom stereocenters. The Hall–Kier alpha value is -0.530. The minimum absolute atomic E-state index is 0. The van der Waals surface area contributed by atoms with Gasteiger partial charge >= 0.3 is 0 Å². The van der Waals surface area contributed by atoms with Crippen LogP contribution in [0, 0.1) is 0 Å². The predicted molar refractivity (Wildman–Crippen MR) is 115 cm³/mol. The number of halogens is 1. The average molecular weight is 368 g/mol. The van der Waals surface area contributed by atoms with E-state index in [9.17, 15) is 0 Å². The zero-order valence-electron chi connectivity index (χ0n) is 16.7. The first kappa shape index (κ1) is 24.5. The number of unbranched alkanes of at least 4 members (excludes halogenated alkanes) is 12. The Labute approximate surface area is 162 Å². The fourth-order valence-corrected chi connectivity index (χ4v) is 3.69. The van der Waals surface area contributed by atoms with E-state index < -0.39 is 0 Å². The van der Waals surface area contributed by atoms with E-state index in [1.165, 1.54) is 89.0 Å². The van der Waals surface area contributed by atoms with Crippen molar-refractivity contribution in [3.63, 3.8) is 0 Å². The molecule has 1 aromatic rings. The molecule has 1 aromatic carbocycles. The molecule has 1 nitrogen and oxygen atoms in total. The maximum absolute atomic E-state index is 6.46. The molecule has 0 radical (unpaired) electrons. The van der Waals surface area contributed by atoms with E-state index in [0.29, 0.717) is 5.38 Å². The van der Waals surface area contributed by atoms with Gasteiger partial charge in [-0.2, -0.15) is 0 Å². The van der Waals surface area contributed by atoms with Gasteiger partial charge in [-0.25, -0.2) is 0 Å². The van der Waals surface area contributed by atoms with E-state index >= 15 is 0 Å².